The molecule has 138 valence electrons. The summed E-state index contributed by atoms with van der Waals surface area (Å²) in [4.78, 5) is 11.9. The van der Waals surface area contributed by atoms with E-state index in [1.807, 2.05) is 18.2 Å². The van der Waals surface area contributed by atoms with Crippen molar-refractivity contribution in [2.24, 2.45) is 0 Å². The molecule has 1 fully saturated rings. The van der Waals surface area contributed by atoms with Crippen LogP contribution < -0.4 is 5.32 Å². The Morgan fingerprint density at radius 3 is 2.89 bits per heavy atom. The van der Waals surface area contributed by atoms with Gasteiger partial charge in [-0.05, 0) is 37.1 Å². The lowest BCUT2D eigenvalue weighted by Gasteiger charge is -2.29. The zero-order valence-electron chi connectivity index (χ0n) is 15.0. The van der Waals surface area contributed by atoms with Gasteiger partial charge >= 0.3 is 0 Å². The molecular formula is C21H21FN4O. The highest BCUT2D eigenvalue weighted by molar-refractivity contribution is 5.60. The topological polar surface area (TPSA) is 54.2 Å². The maximum atomic E-state index is 13.7. The number of nitrogens with one attached hydrogen (secondary N) is 1. The molecule has 2 aromatic heterocycles. The number of hydrogen-bond donors (Lipinski definition) is 1. The number of fused-ring (bicyclic) bond motifs is 1. The molecule has 1 aliphatic heterocycles. The largest absolute Gasteiger partial charge is 0.468 e. The Bertz CT molecular complexity index is 953. The first-order valence-electron chi connectivity index (χ1n) is 9.41. The first-order chi connectivity index (χ1) is 13.2. The molecule has 1 N–H and O–H groups in total. The molecule has 1 saturated carbocycles. The lowest BCUT2D eigenvalue weighted by Crippen LogP contribution is -2.32. The van der Waals surface area contributed by atoms with Crippen molar-refractivity contribution in [2.75, 3.05) is 11.9 Å². The Kier molecular flexibility index (Phi) is 4.13. The molecule has 27 heavy (non-hydrogen) atoms. The lowest BCUT2D eigenvalue weighted by molar-refractivity contribution is 0.224. The molecule has 1 aromatic carbocycles. The zero-order chi connectivity index (χ0) is 18.2. The van der Waals surface area contributed by atoms with Gasteiger partial charge in [-0.15, -0.1) is 0 Å². The van der Waals surface area contributed by atoms with Crippen LogP contribution in [0.25, 0.3) is 11.4 Å². The zero-order valence-corrected chi connectivity index (χ0v) is 15.0. The molecule has 0 atom stereocenters. The molecule has 2 aliphatic rings. The molecule has 0 unspecified atom stereocenters. The molecule has 0 amide bonds. The minimum atomic E-state index is -0.268. The monoisotopic (exact) mass is 364 g/mol. The van der Waals surface area contributed by atoms with Crippen molar-refractivity contribution in [1.29, 1.82) is 0 Å². The van der Waals surface area contributed by atoms with Gasteiger partial charge in [0.25, 0.3) is 0 Å². The van der Waals surface area contributed by atoms with Gasteiger partial charge < -0.3 is 9.73 Å². The van der Waals surface area contributed by atoms with Crippen molar-refractivity contribution < 1.29 is 8.81 Å². The quantitative estimate of drug-likeness (QED) is 0.741. The van der Waals surface area contributed by atoms with E-state index in [0.29, 0.717) is 11.9 Å². The normalized spacial score (nSPS) is 16.9. The van der Waals surface area contributed by atoms with E-state index >= 15 is 0 Å². The molecule has 0 saturated heterocycles. The summed E-state index contributed by atoms with van der Waals surface area (Å²) in [6.45, 7) is 2.48. The van der Waals surface area contributed by atoms with Crippen molar-refractivity contribution in [3.8, 4) is 11.4 Å². The van der Waals surface area contributed by atoms with E-state index in [1.165, 1.54) is 25.0 Å². The van der Waals surface area contributed by atoms with Crippen LogP contribution >= 0.6 is 0 Å². The molecule has 0 bridgehead atoms. The van der Waals surface area contributed by atoms with Crippen molar-refractivity contribution >= 4 is 5.82 Å². The second kappa shape index (κ2) is 6.78. The van der Waals surface area contributed by atoms with Gasteiger partial charge in [-0.25, -0.2) is 14.4 Å². The number of rotatable bonds is 5. The van der Waals surface area contributed by atoms with E-state index in [4.69, 9.17) is 14.4 Å². The van der Waals surface area contributed by atoms with Crippen molar-refractivity contribution in [1.82, 2.24) is 14.9 Å². The molecule has 5 rings (SSSR count). The fraction of sp³-hybridized carbons (Fsp3) is 0.333. The SMILES string of the molecule is Fc1cccc(-c2nc3c(c(NC4CC4)n2)CN(Cc2ccco2)CC3)c1. The number of furan rings is 1. The van der Waals surface area contributed by atoms with E-state index < -0.39 is 0 Å². The van der Waals surface area contributed by atoms with Crippen LogP contribution in [-0.2, 0) is 19.5 Å². The molecule has 3 aromatic rings. The number of anilines is 1. The number of nitrogens with zero attached hydrogens (tertiary/aromatic N) is 3. The number of halogens is 1. The second-order valence-electron chi connectivity index (χ2n) is 7.29. The lowest BCUT2D eigenvalue weighted by atomic mass is 10.0. The van der Waals surface area contributed by atoms with Gasteiger partial charge in [0.2, 0.25) is 0 Å². The van der Waals surface area contributed by atoms with E-state index in [0.717, 1.165) is 54.5 Å². The Labute approximate surface area is 157 Å². The summed E-state index contributed by atoms with van der Waals surface area (Å²) >= 11 is 0. The average Bonchev–Trinajstić information content (AvgIpc) is 3.34. The molecule has 3 heterocycles. The van der Waals surface area contributed by atoms with E-state index in [1.54, 1.807) is 12.3 Å². The second-order valence-corrected chi connectivity index (χ2v) is 7.29. The first-order valence-corrected chi connectivity index (χ1v) is 9.41. The van der Waals surface area contributed by atoms with Gasteiger partial charge in [0.1, 0.15) is 17.4 Å². The van der Waals surface area contributed by atoms with E-state index in [2.05, 4.69) is 10.2 Å². The maximum Gasteiger partial charge on any atom is 0.161 e. The van der Waals surface area contributed by atoms with Gasteiger partial charge in [0.15, 0.2) is 5.82 Å². The number of hydrogen-bond acceptors (Lipinski definition) is 5. The fourth-order valence-corrected chi connectivity index (χ4v) is 3.52. The van der Waals surface area contributed by atoms with Crippen molar-refractivity contribution in [3.63, 3.8) is 0 Å². The summed E-state index contributed by atoms with van der Waals surface area (Å²) < 4.78 is 19.2. The summed E-state index contributed by atoms with van der Waals surface area (Å²) in [5.74, 6) is 2.18. The fourth-order valence-electron chi connectivity index (χ4n) is 3.52. The predicted octanol–water partition coefficient (Wildman–Crippen LogP) is 4.01. The summed E-state index contributed by atoms with van der Waals surface area (Å²) in [5.41, 5.74) is 2.93. The van der Waals surface area contributed by atoms with Gasteiger partial charge in [0, 0.05) is 36.7 Å². The van der Waals surface area contributed by atoms with Gasteiger partial charge in [-0.2, -0.15) is 0 Å². The van der Waals surface area contributed by atoms with Crippen LogP contribution in [0.1, 0.15) is 29.9 Å². The van der Waals surface area contributed by atoms with Crippen LogP contribution in [0.15, 0.2) is 47.1 Å². The highest BCUT2D eigenvalue weighted by Gasteiger charge is 2.27. The van der Waals surface area contributed by atoms with Crippen molar-refractivity contribution in [3.05, 3.63) is 65.5 Å². The van der Waals surface area contributed by atoms with Gasteiger partial charge in [-0.1, -0.05) is 12.1 Å². The summed E-state index contributed by atoms with van der Waals surface area (Å²) in [7, 11) is 0. The molecule has 0 radical (unpaired) electrons. The smallest absolute Gasteiger partial charge is 0.161 e. The van der Waals surface area contributed by atoms with Crippen LogP contribution in [0.5, 0.6) is 0 Å². The van der Waals surface area contributed by atoms with Crippen LogP contribution in [0.4, 0.5) is 10.2 Å². The molecular weight excluding hydrogens is 343 g/mol. The van der Waals surface area contributed by atoms with E-state index in [9.17, 15) is 4.39 Å². The molecule has 0 spiro atoms. The van der Waals surface area contributed by atoms with E-state index in [-0.39, 0.29) is 5.82 Å². The highest BCUT2D eigenvalue weighted by Crippen LogP contribution is 2.32. The standard InChI is InChI=1S/C21H21FN4O/c22-15-4-1-3-14(11-15)20-24-19-8-9-26(12-17-5-2-10-27-17)13-18(19)21(25-20)23-16-6-7-16/h1-5,10-11,16H,6-9,12-13H2,(H,23,24,25). The molecule has 1 aliphatic carbocycles. The Hall–Kier alpha value is -2.73. The Morgan fingerprint density at radius 2 is 2.11 bits per heavy atom. The Balaban J connectivity index is 1.48. The van der Waals surface area contributed by atoms with Crippen LogP contribution in [0, 0.1) is 5.82 Å². The predicted molar refractivity (Wildman–Crippen MR) is 101 cm³/mol. The minimum Gasteiger partial charge on any atom is -0.468 e. The summed E-state index contributed by atoms with van der Waals surface area (Å²) in [6, 6.07) is 10.9. The van der Waals surface area contributed by atoms with Crippen LogP contribution in [0.2, 0.25) is 0 Å². The molecule has 5 nitrogen and oxygen atoms in total. The van der Waals surface area contributed by atoms with Crippen LogP contribution in [-0.4, -0.2) is 27.5 Å². The van der Waals surface area contributed by atoms with Gasteiger partial charge in [0.05, 0.1) is 18.5 Å². The number of aromatic nitrogens is 2. The third kappa shape index (κ3) is 3.57. The minimum absolute atomic E-state index is 0.268. The van der Waals surface area contributed by atoms with Crippen molar-refractivity contribution in [2.45, 2.75) is 38.4 Å². The first kappa shape index (κ1) is 16.4. The molecule has 6 heteroatoms. The number of benzene rings is 1. The third-order valence-corrected chi connectivity index (χ3v) is 5.10. The summed E-state index contributed by atoms with van der Waals surface area (Å²) in [5, 5.41) is 3.55. The average molecular weight is 364 g/mol. The summed E-state index contributed by atoms with van der Waals surface area (Å²) in [6.07, 6.45) is 4.90. The van der Waals surface area contributed by atoms with Gasteiger partial charge in [-0.3, -0.25) is 4.90 Å². The third-order valence-electron chi connectivity index (χ3n) is 5.10. The Morgan fingerprint density at radius 1 is 1.19 bits per heavy atom. The maximum absolute atomic E-state index is 13.7. The highest BCUT2D eigenvalue weighted by atomic mass is 19.1. The van der Waals surface area contributed by atoms with Crippen LogP contribution in [0.3, 0.4) is 0 Å².